The van der Waals surface area contributed by atoms with Gasteiger partial charge in [0.25, 0.3) is 5.91 Å². The first kappa shape index (κ1) is 16.7. The average molecular weight is 372 g/mol. The molecule has 1 aliphatic rings. The fraction of sp³-hybridized carbons (Fsp3) is 0.227. The maximum absolute atomic E-state index is 12.6. The van der Waals surface area contributed by atoms with Crippen LogP contribution >= 0.6 is 0 Å². The van der Waals surface area contributed by atoms with Crippen LogP contribution in [0.25, 0.3) is 10.9 Å². The number of aromatic nitrogens is 3. The Balaban J connectivity index is 1.28. The smallest absolute Gasteiger partial charge is 0.253 e. The molecule has 2 aromatic carbocycles. The Morgan fingerprint density at radius 2 is 1.93 bits per heavy atom. The predicted molar refractivity (Wildman–Crippen MR) is 105 cm³/mol. The minimum absolute atomic E-state index is 0.0571. The van der Waals surface area contributed by atoms with Gasteiger partial charge < -0.3 is 14.3 Å². The summed E-state index contributed by atoms with van der Waals surface area (Å²) in [6.45, 7) is 1.32. The molecule has 1 saturated heterocycles. The molecule has 1 atom stereocenters. The molecule has 0 unspecified atom stereocenters. The monoisotopic (exact) mass is 372 g/mol. The van der Waals surface area contributed by atoms with Gasteiger partial charge in [0.1, 0.15) is 0 Å². The fourth-order valence-corrected chi connectivity index (χ4v) is 3.85. The summed E-state index contributed by atoms with van der Waals surface area (Å²) < 4.78 is 5.95. The number of hydrogen-bond acceptors (Lipinski definition) is 4. The van der Waals surface area contributed by atoms with E-state index in [1.54, 1.807) is 0 Å². The minimum atomic E-state index is 0.0571. The fourth-order valence-electron chi connectivity index (χ4n) is 3.85. The zero-order chi connectivity index (χ0) is 18.9. The molecule has 1 aliphatic heterocycles. The van der Waals surface area contributed by atoms with E-state index in [9.17, 15) is 4.79 Å². The highest BCUT2D eigenvalue weighted by molar-refractivity contribution is 5.94. The minimum Gasteiger partial charge on any atom is -0.425 e. The summed E-state index contributed by atoms with van der Waals surface area (Å²) in [6, 6.07) is 17.6. The van der Waals surface area contributed by atoms with E-state index in [1.807, 2.05) is 53.6 Å². The second-order valence-corrected chi connectivity index (χ2v) is 7.17. The van der Waals surface area contributed by atoms with Gasteiger partial charge >= 0.3 is 0 Å². The second kappa shape index (κ2) is 6.96. The van der Waals surface area contributed by atoms with Gasteiger partial charge in [0.05, 0.1) is 12.3 Å². The first-order valence-electron chi connectivity index (χ1n) is 9.49. The van der Waals surface area contributed by atoms with E-state index < -0.39 is 0 Å². The van der Waals surface area contributed by atoms with Crippen molar-refractivity contribution >= 4 is 16.8 Å². The molecule has 6 nitrogen and oxygen atoms in total. The van der Waals surface area contributed by atoms with Crippen LogP contribution in [0, 0.1) is 0 Å². The Morgan fingerprint density at radius 1 is 1.11 bits per heavy atom. The number of nitrogens with zero attached hydrogens (tertiary/aromatic N) is 3. The zero-order valence-corrected chi connectivity index (χ0v) is 15.3. The van der Waals surface area contributed by atoms with Gasteiger partial charge in [-0.2, -0.15) is 0 Å². The molecule has 140 valence electrons. The molecule has 0 aliphatic carbocycles. The van der Waals surface area contributed by atoms with Gasteiger partial charge in [0.15, 0.2) is 0 Å². The molecule has 0 spiro atoms. The number of carbonyl (C=O) groups excluding carboxylic acids is 1. The summed E-state index contributed by atoms with van der Waals surface area (Å²) in [6.07, 6.45) is 3.42. The van der Waals surface area contributed by atoms with Gasteiger partial charge in [0, 0.05) is 35.8 Å². The molecule has 1 N–H and O–H groups in total. The van der Waals surface area contributed by atoms with Gasteiger partial charge in [-0.3, -0.25) is 4.79 Å². The van der Waals surface area contributed by atoms with Crippen LogP contribution in [-0.2, 0) is 6.42 Å². The Morgan fingerprint density at radius 3 is 2.82 bits per heavy atom. The van der Waals surface area contributed by atoms with Gasteiger partial charge in [-0.25, -0.2) is 0 Å². The molecule has 5 rings (SSSR count). The molecule has 4 aromatic rings. The van der Waals surface area contributed by atoms with Gasteiger partial charge in [-0.15, -0.1) is 10.2 Å². The third kappa shape index (κ3) is 3.07. The first-order valence-corrected chi connectivity index (χ1v) is 9.49. The highest BCUT2D eigenvalue weighted by Gasteiger charge is 2.31. The summed E-state index contributed by atoms with van der Waals surface area (Å²) in [7, 11) is 0. The van der Waals surface area contributed by atoms with E-state index >= 15 is 0 Å². The van der Waals surface area contributed by atoms with E-state index in [1.165, 1.54) is 5.39 Å². The number of nitrogens with one attached hydrogen (secondary N) is 1. The molecule has 2 aromatic heterocycles. The third-order valence-corrected chi connectivity index (χ3v) is 5.34. The molecule has 0 saturated carbocycles. The van der Waals surface area contributed by atoms with Gasteiger partial charge in [-0.1, -0.05) is 36.4 Å². The number of fused-ring (bicyclic) bond motifs is 1. The van der Waals surface area contributed by atoms with Crippen molar-refractivity contribution in [3.63, 3.8) is 0 Å². The summed E-state index contributed by atoms with van der Waals surface area (Å²) >= 11 is 0. The molecule has 3 heterocycles. The Bertz CT molecular complexity index is 1120. The van der Waals surface area contributed by atoms with Gasteiger partial charge in [0.2, 0.25) is 11.8 Å². The molecular formula is C22H20N4O2. The number of H-pyrrole nitrogens is 1. The van der Waals surface area contributed by atoms with Crippen LogP contribution in [0.1, 0.15) is 40.0 Å². The number of likely N-dealkylation sites (tertiary alicyclic amines) is 1. The average Bonchev–Trinajstić information content (AvgIpc) is 3.48. The van der Waals surface area contributed by atoms with Crippen LogP contribution < -0.4 is 0 Å². The van der Waals surface area contributed by atoms with Crippen LogP contribution in [0.5, 0.6) is 0 Å². The topological polar surface area (TPSA) is 75.0 Å². The van der Waals surface area contributed by atoms with Crippen molar-refractivity contribution in [3.05, 3.63) is 83.7 Å². The standard InChI is InChI=1S/C22H20N4O2/c27-22(15-6-2-1-3-7-15)26-11-10-16(14-26)21-25-24-20(28-21)12-17-13-23-19-9-5-4-8-18(17)19/h1-9,13,16,23H,10-12,14H2/t16-/m0/s1. The molecule has 0 radical (unpaired) electrons. The van der Waals surface area contributed by atoms with E-state index in [0.29, 0.717) is 36.9 Å². The largest absolute Gasteiger partial charge is 0.425 e. The van der Waals surface area contributed by atoms with E-state index in [4.69, 9.17) is 4.42 Å². The molecule has 1 fully saturated rings. The lowest BCUT2D eigenvalue weighted by molar-refractivity contribution is 0.0790. The number of hydrogen-bond donors (Lipinski definition) is 1. The molecule has 6 heteroatoms. The summed E-state index contributed by atoms with van der Waals surface area (Å²) in [5, 5.41) is 9.67. The number of rotatable bonds is 4. The zero-order valence-electron chi connectivity index (χ0n) is 15.3. The molecule has 1 amide bonds. The van der Waals surface area contributed by atoms with Crippen molar-refractivity contribution in [2.24, 2.45) is 0 Å². The molecule has 0 bridgehead atoms. The van der Waals surface area contributed by atoms with Crippen molar-refractivity contribution in [1.29, 1.82) is 0 Å². The summed E-state index contributed by atoms with van der Waals surface area (Å²) in [4.78, 5) is 17.8. The quantitative estimate of drug-likeness (QED) is 0.592. The van der Waals surface area contributed by atoms with E-state index in [0.717, 1.165) is 17.5 Å². The Hall–Kier alpha value is -3.41. The number of aromatic amines is 1. The normalized spacial score (nSPS) is 16.7. The lowest BCUT2D eigenvalue weighted by atomic mass is 10.1. The number of carbonyl (C=O) groups is 1. The number of para-hydroxylation sites is 1. The summed E-state index contributed by atoms with van der Waals surface area (Å²) in [5.41, 5.74) is 2.95. The van der Waals surface area contributed by atoms with Crippen LogP contribution in [0.15, 0.2) is 65.2 Å². The molecular weight excluding hydrogens is 352 g/mol. The SMILES string of the molecule is O=C(c1ccccc1)N1CC[C@H](c2nnc(Cc3c[nH]c4ccccc34)o2)C1. The van der Waals surface area contributed by atoms with Crippen molar-refractivity contribution in [2.45, 2.75) is 18.8 Å². The second-order valence-electron chi connectivity index (χ2n) is 7.17. The van der Waals surface area contributed by atoms with Crippen molar-refractivity contribution < 1.29 is 9.21 Å². The van der Waals surface area contributed by atoms with Gasteiger partial charge in [-0.05, 0) is 30.2 Å². The van der Waals surface area contributed by atoms with Crippen molar-refractivity contribution in [1.82, 2.24) is 20.1 Å². The van der Waals surface area contributed by atoms with Crippen LogP contribution in [-0.4, -0.2) is 39.1 Å². The van der Waals surface area contributed by atoms with Crippen LogP contribution in [0.2, 0.25) is 0 Å². The highest BCUT2D eigenvalue weighted by atomic mass is 16.4. The molecule has 28 heavy (non-hydrogen) atoms. The Labute approximate surface area is 162 Å². The maximum Gasteiger partial charge on any atom is 0.253 e. The number of amides is 1. The van der Waals surface area contributed by atoms with Crippen LogP contribution in [0.3, 0.4) is 0 Å². The number of benzene rings is 2. The maximum atomic E-state index is 12.6. The van der Waals surface area contributed by atoms with Crippen LogP contribution in [0.4, 0.5) is 0 Å². The predicted octanol–water partition coefficient (Wildman–Crippen LogP) is 3.77. The van der Waals surface area contributed by atoms with Crippen molar-refractivity contribution in [2.75, 3.05) is 13.1 Å². The third-order valence-electron chi connectivity index (χ3n) is 5.34. The highest BCUT2D eigenvalue weighted by Crippen LogP contribution is 2.28. The van der Waals surface area contributed by atoms with Crippen molar-refractivity contribution in [3.8, 4) is 0 Å². The summed E-state index contributed by atoms with van der Waals surface area (Å²) in [5.74, 6) is 1.38. The Kier molecular flexibility index (Phi) is 4.16. The first-order chi connectivity index (χ1) is 13.8. The lowest BCUT2D eigenvalue weighted by Gasteiger charge is -2.15. The van der Waals surface area contributed by atoms with E-state index in [2.05, 4.69) is 27.3 Å². The van der Waals surface area contributed by atoms with E-state index in [-0.39, 0.29) is 11.8 Å². The lowest BCUT2D eigenvalue weighted by Crippen LogP contribution is -2.28.